The number of anilines is 1. The van der Waals surface area contributed by atoms with Crippen LogP contribution in [0.1, 0.15) is 0 Å². The standard InChI is InChI=1S/C19H19N5S/c1-23-4-6-24(7-5-23)14-9-15-16(11-22-19(15)21-10-14)17-8-13-2-3-20-12-18(13)25-17/h2-3,8-12H,4-7H2,1H3,(H,21,22). The van der Waals surface area contributed by atoms with Crippen LogP contribution in [0.2, 0.25) is 0 Å². The zero-order valence-corrected chi connectivity index (χ0v) is 14.9. The van der Waals surface area contributed by atoms with Crippen molar-refractivity contribution in [2.75, 3.05) is 38.1 Å². The zero-order chi connectivity index (χ0) is 16.8. The molecule has 0 saturated carbocycles. The number of piperazine rings is 1. The predicted molar refractivity (Wildman–Crippen MR) is 104 cm³/mol. The molecule has 0 amide bonds. The molecule has 0 radical (unpaired) electrons. The van der Waals surface area contributed by atoms with Crippen molar-refractivity contribution in [3.05, 3.63) is 43.0 Å². The lowest BCUT2D eigenvalue weighted by Crippen LogP contribution is -2.44. The highest BCUT2D eigenvalue weighted by Gasteiger charge is 2.17. The average molecular weight is 349 g/mol. The summed E-state index contributed by atoms with van der Waals surface area (Å²) in [6.45, 7) is 4.30. The molecule has 1 aliphatic heterocycles. The summed E-state index contributed by atoms with van der Waals surface area (Å²) in [5, 5.41) is 2.43. The van der Waals surface area contributed by atoms with Crippen molar-refractivity contribution in [1.29, 1.82) is 0 Å². The van der Waals surface area contributed by atoms with Crippen LogP contribution >= 0.6 is 11.3 Å². The average Bonchev–Trinajstić information content (AvgIpc) is 3.25. The van der Waals surface area contributed by atoms with Gasteiger partial charge in [-0.1, -0.05) is 0 Å². The Kier molecular flexibility index (Phi) is 3.46. The molecule has 0 aliphatic carbocycles. The first-order chi connectivity index (χ1) is 12.3. The third-order valence-electron chi connectivity index (χ3n) is 4.97. The Labute approximate surface area is 149 Å². The molecule has 0 unspecified atom stereocenters. The van der Waals surface area contributed by atoms with Crippen LogP contribution in [0.25, 0.3) is 31.6 Å². The summed E-state index contributed by atoms with van der Waals surface area (Å²) in [7, 11) is 2.18. The lowest BCUT2D eigenvalue weighted by Gasteiger charge is -2.33. The van der Waals surface area contributed by atoms with Gasteiger partial charge in [-0.15, -0.1) is 11.3 Å². The van der Waals surface area contributed by atoms with Crippen molar-refractivity contribution in [3.63, 3.8) is 0 Å². The smallest absolute Gasteiger partial charge is 0.138 e. The second kappa shape index (κ2) is 5.82. The highest BCUT2D eigenvalue weighted by atomic mass is 32.1. The number of hydrogen-bond donors (Lipinski definition) is 1. The summed E-state index contributed by atoms with van der Waals surface area (Å²) >= 11 is 1.78. The van der Waals surface area contributed by atoms with Gasteiger partial charge >= 0.3 is 0 Å². The number of likely N-dealkylation sites (N-methyl/N-ethyl adjacent to an activating group) is 1. The molecule has 0 spiro atoms. The third kappa shape index (κ3) is 2.58. The van der Waals surface area contributed by atoms with E-state index in [0.717, 1.165) is 31.8 Å². The Balaban J connectivity index is 1.58. The largest absolute Gasteiger partial charge is 0.368 e. The molecular weight excluding hydrogens is 330 g/mol. The molecule has 6 heteroatoms. The quantitative estimate of drug-likeness (QED) is 0.601. The fourth-order valence-electron chi connectivity index (χ4n) is 3.45. The maximum atomic E-state index is 4.66. The van der Waals surface area contributed by atoms with Crippen molar-refractivity contribution in [1.82, 2.24) is 19.9 Å². The number of pyridine rings is 2. The van der Waals surface area contributed by atoms with Gasteiger partial charge in [0.15, 0.2) is 0 Å². The molecule has 5 nitrogen and oxygen atoms in total. The molecule has 5 heterocycles. The van der Waals surface area contributed by atoms with E-state index in [1.54, 1.807) is 11.3 Å². The molecule has 1 N–H and O–H groups in total. The summed E-state index contributed by atoms with van der Waals surface area (Å²) in [6.07, 6.45) is 7.85. The van der Waals surface area contributed by atoms with Gasteiger partial charge in [-0.05, 0) is 30.6 Å². The second-order valence-electron chi connectivity index (χ2n) is 6.61. The van der Waals surface area contributed by atoms with Gasteiger partial charge in [-0.3, -0.25) is 4.98 Å². The minimum Gasteiger partial charge on any atom is -0.368 e. The lowest BCUT2D eigenvalue weighted by molar-refractivity contribution is 0.313. The van der Waals surface area contributed by atoms with E-state index in [-0.39, 0.29) is 0 Å². The zero-order valence-electron chi connectivity index (χ0n) is 14.1. The van der Waals surface area contributed by atoms with Crippen LogP contribution in [0.15, 0.2) is 43.0 Å². The molecule has 0 bridgehead atoms. The minimum atomic E-state index is 0.948. The van der Waals surface area contributed by atoms with Crippen molar-refractivity contribution >= 4 is 38.1 Å². The number of aromatic nitrogens is 3. The fraction of sp³-hybridized carbons (Fsp3) is 0.263. The Morgan fingerprint density at radius 2 is 2.00 bits per heavy atom. The van der Waals surface area contributed by atoms with E-state index < -0.39 is 0 Å². The number of fused-ring (bicyclic) bond motifs is 2. The van der Waals surface area contributed by atoms with Crippen LogP contribution < -0.4 is 4.90 Å². The molecular formula is C19H19N5S. The van der Waals surface area contributed by atoms with E-state index in [9.17, 15) is 0 Å². The lowest BCUT2D eigenvalue weighted by atomic mass is 10.1. The minimum absolute atomic E-state index is 0.948. The molecule has 0 aromatic carbocycles. The molecule has 1 aliphatic rings. The van der Waals surface area contributed by atoms with Crippen LogP contribution in [0.5, 0.6) is 0 Å². The van der Waals surface area contributed by atoms with E-state index in [1.807, 2.05) is 18.6 Å². The van der Waals surface area contributed by atoms with Gasteiger partial charge in [0.05, 0.1) is 16.6 Å². The van der Waals surface area contributed by atoms with Crippen LogP contribution in [0.4, 0.5) is 5.69 Å². The SMILES string of the molecule is CN1CCN(c2cnc3[nH]cc(-c4cc5ccncc5s4)c3c2)CC1. The number of nitrogens with one attached hydrogen (secondary N) is 1. The number of thiophene rings is 1. The van der Waals surface area contributed by atoms with E-state index >= 15 is 0 Å². The summed E-state index contributed by atoms with van der Waals surface area (Å²) < 4.78 is 1.22. The van der Waals surface area contributed by atoms with Crippen molar-refractivity contribution in [2.45, 2.75) is 0 Å². The van der Waals surface area contributed by atoms with Gasteiger partial charge in [-0.25, -0.2) is 4.98 Å². The highest BCUT2D eigenvalue weighted by Crippen LogP contribution is 2.37. The van der Waals surface area contributed by atoms with Crippen LogP contribution in [0, 0.1) is 0 Å². The predicted octanol–water partition coefficient (Wildman–Crippen LogP) is 3.59. The number of hydrogen-bond acceptors (Lipinski definition) is 5. The van der Waals surface area contributed by atoms with Crippen molar-refractivity contribution in [3.8, 4) is 10.4 Å². The van der Waals surface area contributed by atoms with E-state index in [0.29, 0.717) is 0 Å². The molecule has 25 heavy (non-hydrogen) atoms. The van der Waals surface area contributed by atoms with Gasteiger partial charge in [0.25, 0.3) is 0 Å². The van der Waals surface area contributed by atoms with E-state index in [1.165, 1.54) is 31.6 Å². The maximum absolute atomic E-state index is 4.66. The normalized spacial score (nSPS) is 16.1. The number of rotatable bonds is 2. The van der Waals surface area contributed by atoms with Gasteiger partial charge < -0.3 is 14.8 Å². The fourth-order valence-corrected chi connectivity index (χ4v) is 4.51. The molecule has 126 valence electrons. The maximum Gasteiger partial charge on any atom is 0.138 e. The van der Waals surface area contributed by atoms with Gasteiger partial charge in [0, 0.05) is 60.6 Å². The number of H-pyrrole nitrogens is 1. The first-order valence-electron chi connectivity index (χ1n) is 8.52. The Bertz CT molecular complexity index is 1010. The van der Waals surface area contributed by atoms with E-state index in [2.05, 4.69) is 56.2 Å². The monoisotopic (exact) mass is 349 g/mol. The van der Waals surface area contributed by atoms with E-state index in [4.69, 9.17) is 0 Å². The first-order valence-corrected chi connectivity index (χ1v) is 9.34. The molecule has 1 saturated heterocycles. The summed E-state index contributed by atoms with van der Waals surface area (Å²) in [4.78, 5) is 18.3. The number of nitrogens with zero attached hydrogens (tertiary/aromatic N) is 4. The summed E-state index contributed by atoms with van der Waals surface area (Å²) in [6, 6.07) is 6.59. The summed E-state index contributed by atoms with van der Waals surface area (Å²) in [5.41, 5.74) is 3.38. The first kappa shape index (κ1) is 14.9. The molecule has 1 fully saturated rings. The van der Waals surface area contributed by atoms with Gasteiger partial charge in [0.1, 0.15) is 5.65 Å². The van der Waals surface area contributed by atoms with Gasteiger partial charge in [0.2, 0.25) is 0 Å². The highest BCUT2D eigenvalue weighted by molar-refractivity contribution is 7.22. The second-order valence-corrected chi connectivity index (χ2v) is 7.69. The molecule has 4 aromatic heterocycles. The Morgan fingerprint density at radius 3 is 2.84 bits per heavy atom. The van der Waals surface area contributed by atoms with Gasteiger partial charge in [-0.2, -0.15) is 0 Å². The molecule has 0 atom stereocenters. The van der Waals surface area contributed by atoms with Crippen LogP contribution in [0.3, 0.4) is 0 Å². The number of aromatic amines is 1. The third-order valence-corrected chi connectivity index (χ3v) is 6.09. The van der Waals surface area contributed by atoms with Crippen LogP contribution in [-0.2, 0) is 0 Å². The topological polar surface area (TPSA) is 48.0 Å². The molecule has 5 rings (SSSR count). The molecule has 4 aromatic rings. The Morgan fingerprint density at radius 1 is 1.12 bits per heavy atom. The van der Waals surface area contributed by atoms with Crippen LogP contribution in [-0.4, -0.2) is 53.1 Å². The Hall–Kier alpha value is -2.44. The van der Waals surface area contributed by atoms with Crippen molar-refractivity contribution in [2.24, 2.45) is 0 Å². The summed E-state index contributed by atoms with van der Waals surface area (Å²) in [5.74, 6) is 0. The van der Waals surface area contributed by atoms with Crippen molar-refractivity contribution < 1.29 is 0 Å².